The van der Waals surface area contributed by atoms with Gasteiger partial charge in [-0.05, 0) is 59.8 Å². The molecule has 1 fully saturated rings. The van der Waals surface area contributed by atoms with Crippen molar-refractivity contribution in [3.8, 4) is 11.5 Å². The minimum absolute atomic E-state index is 0.167. The maximum absolute atomic E-state index is 11.9. The van der Waals surface area contributed by atoms with Crippen LogP contribution >= 0.6 is 11.8 Å². The molecule has 5 nitrogen and oxygen atoms in total. The highest BCUT2D eigenvalue weighted by Gasteiger charge is 2.23. The largest absolute Gasteiger partial charge is 0.508 e. The Morgan fingerprint density at radius 2 is 1.55 bits per heavy atom. The molecule has 0 aromatic heterocycles. The van der Waals surface area contributed by atoms with E-state index in [9.17, 15) is 15.0 Å². The number of benzene rings is 2. The predicted molar refractivity (Wildman–Crippen MR) is 87.0 cm³/mol. The SMILES string of the molecule is O=C1NC(=Nc2ccc(O)cc2)SC1=Cc1ccc(O)cc1. The summed E-state index contributed by atoms with van der Waals surface area (Å²) < 4.78 is 0. The quantitative estimate of drug-likeness (QED) is 0.745. The predicted octanol–water partition coefficient (Wildman–Crippen LogP) is 2.99. The van der Waals surface area contributed by atoms with Crippen LogP contribution in [-0.2, 0) is 4.79 Å². The van der Waals surface area contributed by atoms with Gasteiger partial charge in [-0.15, -0.1) is 0 Å². The number of aromatic hydroxyl groups is 2. The highest BCUT2D eigenvalue weighted by atomic mass is 32.2. The molecule has 110 valence electrons. The van der Waals surface area contributed by atoms with Crippen molar-refractivity contribution < 1.29 is 15.0 Å². The van der Waals surface area contributed by atoms with Gasteiger partial charge < -0.3 is 15.5 Å². The second-order valence-corrected chi connectivity index (χ2v) is 5.62. The van der Waals surface area contributed by atoms with Crippen molar-refractivity contribution in [2.75, 3.05) is 0 Å². The number of rotatable bonds is 2. The Labute approximate surface area is 131 Å². The lowest BCUT2D eigenvalue weighted by Gasteiger charge is -1.96. The lowest BCUT2D eigenvalue weighted by Crippen LogP contribution is -2.19. The average molecular weight is 312 g/mol. The summed E-state index contributed by atoms with van der Waals surface area (Å²) in [7, 11) is 0. The molecule has 0 spiro atoms. The number of thioether (sulfide) groups is 1. The van der Waals surface area contributed by atoms with Gasteiger partial charge in [0.2, 0.25) is 0 Å². The van der Waals surface area contributed by atoms with Gasteiger partial charge in [0, 0.05) is 0 Å². The van der Waals surface area contributed by atoms with Crippen LogP contribution in [-0.4, -0.2) is 21.3 Å². The van der Waals surface area contributed by atoms with Crippen LogP contribution in [0.5, 0.6) is 11.5 Å². The molecule has 1 heterocycles. The zero-order chi connectivity index (χ0) is 15.5. The van der Waals surface area contributed by atoms with E-state index in [-0.39, 0.29) is 17.4 Å². The fourth-order valence-electron chi connectivity index (χ4n) is 1.85. The number of carbonyl (C=O) groups excluding carboxylic acids is 1. The molecule has 0 bridgehead atoms. The monoisotopic (exact) mass is 312 g/mol. The summed E-state index contributed by atoms with van der Waals surface area (Å²) >= 11 is 1.24. The fourth-order valence-corrected chi connectivity index (χ4v) is 2.69. The Kier molecular flexibility index (Phi) is 3.84. The molecule has 3 N–H and O–H groups in total. The molecule has 22 heavy (non-hydrogen) atoms. The summed E-state index contributed by atoms with van der Waals surface area (Å²) in [6.45, 7) is 0. The van der Waals surface area contributed by atoms with Crippen molar-refractivity contribution in [1.82, 2.24) is 5.32 Å². The van der Waals surface area contributed by atoms with E-state index in [0.717, 1.165) is 5.56 Å². The van der Waals surface area contributed by atoms with Gasteiger partial charge in [-0.1, -0.05) is 12.1 Å². The van der Waals surface area contributed by atoms with Gasteiger partial charge in [-0.2, -0.15) is 0 Å². The summed E-state index contributed by atoms with van der Waals surface area (Å²) in [4.78, 5) is 16.8. The molecule has 2 aromatic rings. The first-order valence-electron chi connectivity index (χ1n) is 6.48. The Bertz CT molecular complexity index is 765. The highest BCUT2D eigenvalue weighted by molar-refractivity contribution is 8.18. The van der Waals surface area contributed by atoms with E-state index in [2.05, 4.69) is 10.3 Å². The third-order valence-corrected chi connectivity index (χ3v) is 3.83. The molecule has 1 aliphatic rings. The Hall–Kier alpha value is -2.73. The summed E-state index contributed by atoms with van der Waals surface area (Å²) in [6.07, 6.45) is 1.73. The van der Waals surface area contributed by atoms with E-state index in [4.69, 9.17) is 0 Å². The molecule has 0 atom stereocenters. The average Bonchev–Trinajstić information content (AvgIpc) is 2.84. The molecular formula is C16H12N2O3S. The van der Waals surface area contributed by atoms with Crippen LogP contribution in [0.25, 0.3) is 6.08 Å². The maximum atomic E-state index is 11.9. The maximum Gasteiger partial charge on any atom is 0.264 e. The molecule has 1 saturated heterocycles. The van der Waals surface area contributed by atoms with E-state index in [0.29, 0.717) is 15.8 Å². The Morgan fingerprint density at radius 1 is 0.955 bits per heavy atom. The van der Waals surface area contributed by atoms with Crippen molar-refractivity contribution in [1.29, 1.82) is 0 Å². The molecule has 0 aliphatic carbocycles. The third-order valence-electron chi connectivity index (χ3n) is 2.92. The molecule has 3 rings (SSSR count). The van der Waals surface area contributed by atoms with Gasteiger partial charge in [0.05, 0.1) is 10.6 Å². The van der Waals surface area contributed by atoms with E-state index in [1.807, 2.05) is 0 Å². The molecule has 0 radical (unpaired) electrons. The number of hydrogen-bond donors (Lipinski definition) is 3. The van der Waals surface area contributed by atoms with E-state index < -0.39 is 0 Å². The lowest BCUT2D eigenvalue weighted by atomic mass is 10.2. The van der Waals surface area contributed by atoms with Crippen LogP contribution in [0.2, 0.25) is 0 Å². The second-order valence-electron chi connectivity index (χ2n) is 4.59. The van der Waals surface area contributed by atoms with E-state index in [1.165, 1.54) is 23.9 Å². The summed E-state index contributed by atoms with van der Waals surface area (Å²) in [5, 5.41) is 21.7. The number of phenols is 2. The zero-order valence-electron chi connectivity index (χ0n) is 11.4. The van der Waals surface area contributed by atoms with Crippen molar-refractivity contribution >= 4 is 34.6 Å². The second kappa shape index (κ2) is 5.95. The number of nitrogens with one attached hydrogen (secondary N) is 1. The van der Waals surface area contributed by atoms with Gasteiger partial charge in [0.25, 0.3) is 5.91 Å². The first-order chi connectivity index (χ1) is 10.6. The van der Waals surface area contributed by atoms with Crippen LogP contribution in [0.15, 0.2) is 58.4 Å². The number of amides is 1. The molecule has 2 aromatic carbocycles. The first kappa shape index (κ1) is 14.2. The lowest BCUT2D eigenvalue weighted by molar-refractivity contribution is -0.115. The van der Waals surface area contributed by atoms with Crippen molar-refractivity contribution in [3.05, 3.63) is 59.0 Å². The molecule has 6 heteroatoms. The topological polar surface area (TPSA) is 81.9 Å². The third kappa shape index (κ3) is 3.29. The summed E-state index contributed by atoms with van der Waals surface area (Å²) in [6, 6.07) is 13.0. The summed E-state index contributed by atoms with van der Waals surface area (Å²) in [5.74, 6) is 0.135. The Morgan fingerprint density at radius 3 is 2.18 bits per heavy atom. The smallest absolute Gasteiger partial charge is 0.264 e. The molecule has 0 unspecified atom stereocenters. The van der Waals surface area contributed by atoms with Gasteiger partial charge >= 0.3 is 0 Å². The van der Waals surface area contributed by atoms with Crippen molar-refractivity contribution in [2.45, 2.75) is 0 Å². The number of hydrogen-bond acceptors (Lipinski definition) is 5. The zero-order valence-corrected chi connectivity index (χ0v) is 12.2. The normalized spacial score (nSPS) is 17.9. The van der Waals surface area contributed by atoms with Crippen molar-refractivity contribution in [3.63, 3.8) is 0 Å². The summed E-state index contributed by atoms with van der Waals surface area (Å²) in [5.41, 5.74) is 1.47. The fraction of sp³-hybridized carbons (Fsp3) is 0. The molecular weight excluding hydrogens is 300 g/mol. The van der Waals surface area contributed by atoms with Crippen LogP contribution in [0.1, 0.15) is 5.56 Å². The van der Waals surface area contributed by atoms with Crippen LogP contribution < -0.4 is 5.32 Å². The molecule has 0 saturated carbocycles. The number of amidine groups is 1. The minimum atomic E-state index is -0.212. The molecule has 1 aliphatic heterocycles. The van der Waals surface area contributed by atoms with Gasteiger partial charge in [0.1, 0.15) is 11.5 Å². The Balaban J connectivity index is 1.80. The van der Waals surface area contributed by atoms with E-state index in [1.54, 1.807) is 42.5 Å². The number of aliphatic imine (C=N–C) groups is 1. The number of nitrogens with zero attached hydrogens (tertiary/aromatic N) is 1. The van der Waals surface area contributed by atoms with Gasteiger partial charge in [-0.3, -0.25) is 4.79 Å². The highest BCUT2D eigenvalue weighted by Crippen LogP contribution is 2.28. The van der Waals surface area contributed by atoms with Crippen LogP contribution in [0.3, 0.4) is 0 Å². The van der Waals surface area contributed by atoms with E-state index >= 15 is 0 Å². The van der Waals surface area contributed by atoms with Crippen LogP contribution in [0.4, 0.5) is 5.69 Å². The minimum Gasteiger partial charge on any atom is -0.508 e. The first-order valence-corrected chi connectivity index (χ1v) is 7.29. The standard InChI is InChI=1S/C16H12N2O3S/c19-12-5-1-10(2-6-12)9-14-15(21)18-16(22-14)17-11-3-7-13(20)8-4-11/h1-9,19-20H,(H,17,18,21). The van der Waals surface area contributed by atoms with Gasteiger partial charge in [-0.25, -0.2) is 4.99 Å². The number of phenolic OH excluding ortho intramolecular Hbond substituents is 2. The van der Waals surface area contributed by atoms with Crippen molar-refractivity contribution in [2.24, 2.45) is 4.99 Å². The molecule has 1 amide bonds. The number of carbonyl (C=O) groups is 1. The van der Waals surface area contributed by atoms with Crippen LogP contribution in [0, 0.1) is 0 Å². The van der Waals surface area contributed by atoms with Gasteiger partial charge in [0.15, 0.2) is 5.17 Å².